The quantitative estimate of drug-likeness (QED) is 0.808. The van der Waals surface area contributed by atoms with Crippen LogP contribution in [0.15, 0.2) is 23.8 Å². The van der Waals surface area contributed by atoms with Crippen LogP contribution >= 0.6 is 0 Å². The molecule has 4 unspecified atom stereocenters. The minimum absolute atomic E-state index is 0.110. The Morgan fingerprint density at radius 2 is 2.00 bits per heavy atom. The molecule has 0 heterocycles. The summed E-state index contributed by atoms with van der Waals surface area (Å²) in [7, 11) is 0. The fourth-order valence-corrected chi connectivity index (χ4v) is 7.30. The van der Waals surface area contributed by atoms with Crippen molar-refractivity contribution in [3.63, 3.8) is 0 Å². The van der Waals surface area contributed by atoms with Gasteiger partial charge in [0.15, 0.2) is 5.78 Å². The minimum Gasteiger partial charge on any atom is -0.396 e. The number of fused-ring (bicyclic) bond motifs is 5. The highest BCUT2D eigenvalue weighted by atomic mass is 16.3. The number of hydrogen-bond acceptors (Lipinski definition) is 2. The molecule has 0 aliphatic heterocycles. The second-order valence-electron chi connectivity index (χ2n) is 9.49. The summed E-state index contributed by atoms with van der Waals surface area (Å²) in [5.74, 6) is 3.58. The molecule has 0 bridgehead atoms. The lowest BCUT2D eigenvalue weighted by Gasteiger charge is -2.57. The molecule has 3 saturated carbocycles. The molecule has 0 aromatic rings. The van der Waals surface area contributed by atoms with Crippen molar-refractivity contribution >= 4 is 5.78 Å². The molecule has 0 saturated heterocycles. The third-order valence-electron chi connectivity index (χ3n) is 8.60. The Bertz CT molecular complexity index is 603. The molecule has 0 radical (unpaired) electrons. The van der Waals surface area contributed by atoms with E-state index in [0.717, 1.165) is 18.3 Å². The van der Waals surface area contributed by atoms with Crippen LogP contribution in [-0.2, 0) is 4.79 Å². The Labute approximate surface area is 146 Å². The standard InChI is InChI=1S/C22H32O2/c1-14(13-23)18-6-7-19-17-5-4-15-12-16(24)8-10-21(15,2)20(17)9-11-22(18,19)3/h8,10,12,14,17-20,23H,4-7,9,11,13H2,1-3H3/t14-,17?,18?,19?,20?,21+,22-/m1/s1. The summed E-state index contributed by atoms with van der Waals surface area (Å²) >= 11 is 0. The molecule has 4 rings (SSSR count). The lowest BCUT2D eigenvalue weighted by atomic mass is 9.47. The Morgan fingerprint density at radius 1 is 1.21 bits per heavy atom. The van der Waals surface area contributed by atoms with Crippen molar-refractivity contribution in [2.24, 2.45) is 40.4 Å². The molecule has 0 spiro atoms. The minimum atomic E-state index is 0.110. The van der Waals surface area contributed by atoms with Gasteiger partial charge < -0.3 is 5.11 Å². The monoisotopic (exact) mass is 328 g/mol. The first-order valence-corrected chi connectivity index (χ1v) is 9.95. The van der Waals surface area contributed by atoms with Gasteiger partial charge in [-0.2, -0.15) is 0 Å². The van der Waals surface area contributed by atoms with Gasteiger partial charge in [-0.05, 0) is 85.7 Å². The molecule has 24 heavy (non-hydrogen) atoms. The van der Waals surface area contributed by atoms with Crippen LogP contribution in [0.3, 0.4) is 0 Å². The smallest absolute Gasteiger partial charge is 0.178 e. The van der Waals surface area contributed by atoms with E-state index in [1.54, 1.807) is 0 Å². The van der Waals surface area contributed by atoms with E-state index in [4.69, 9.17) is 0 Å². The molecule has 7 atom stereocenters. The summed E-state index contributed by atoms with van der Waals surface area (Å²) in [5, 5.41) is 9.70. The van der Waals surface area contributed by atoms with Crippen LogP contribution in [-0.4, -0.2) is 17.5 Å². The van der Waals surface area contributed by atoms with Gasteiger partial charge in [0.05, 0.1) is 0 Å². The van der Waals surface area contributed by atoms with Crippen molar-refractivity contribution in [3.8, 4) is 0 Å². The molecule has 2 nitrogen and oxygen atoms in total. The predicted octanol–water partition coefficient (Wildman–Crippen LogP) is 4.54. The highest BCUT2D eigenvalue weighted by molar-refractivity contribution is 6.01. The molecular formula is C22H32O2. The summed E-state index contributed by atoms with van der Waals surface area (Å²) in [6.45, 7) is 7.47. The maximum Gasteiger partial charge on any atom is 0.178 e. The van der Waals surface area contributed by atoms with Crippen molar-refractivity contribution in [2.45, 2.75) is 59.3 Å². The molecule has 2 heteroatoms. The van der Waals surface area contributed by atoms with Gasteiger partial charge in [0.2, 0.25) is 0 Å². The van der Waals surface area contributed by atoms with Gasteiger partial charge >= 0.3 is 0 Å². The SMILES string of the molecule is C[C@H](CO)C1CCC2C3CCC4=CC(=O)C=C[C@]4(C)C3CC[C@@]21C. The number of ketones is 1. The van der Waals surface area contributed by atoms with Gasteiger partial charge in [-0.15, -0.1) is 0 Å². The van der Waals surface area contributed by atoms with Crippen LogP contribution in [0.4, 0.5) is 0 Å². The number of allylic oxidation sites excluding steroid dienone is 4. The second-order valence-corrected chi connectivity index (χ2v) is 9.49. The zero-order valence-electron chi connectivity index (χ0n) is 15.4. The fourth-order valence-electron chi connectivity index (χ4n) is 7.30. The third-order valence-corrected chi connectivity index (χ3v) is 8.60. The molecule has 0 amide bonds. The predicted molar refractivity (Wildman–Crippen MR) is 96.4 cm³/mol. The van der Waals surface area contributed by atoms with E-state index in [9.17, 15) is 9.90 Å². The van der Waals surface area contributed by atoms with E-state index in [1.807, 2.05) is 12.2 Å². The van der Waals surface area contributed by atoms with E-state index in [2.05, 4.69) is 26.8 Å². The normalized spacial score (nSPS) is 48.3. The maximum absolute atomic E-state index is 11.8. The van der Waals surface area contributed by atoms with Crippen LogP contribution < -0.4 is 0 Å². The lowest BCUT2D eigenvalue weighted by Crippen LogP contribution is -2.50. The largest absolute Gasteiger partial charge is 0.396 e. The molecule has 4 aliphatic rings. The third kappa shape index (κ3) is 2.14. The molecule has 132 valence electrons. The Balaban J connectivity index is 1.65. The van der Waals surface area contributed by atoms with Crippen molar-refractivity contribution in [3.05, 3.63) is 23.8 Å². The number of aliphatic hydroxyl groups excluding tert-OH is 1. The van der Waals surface area contributed by atoms with E-state index >= 15 is 0 Å². The summed E-state index contributed by atoms with van der Waals surface area (Å²) < 4.78 is 0. The van der Waals surface area contributed by atoms with E-state index in [-0.39, 0.29) is 11.2 Å². The number of carbonyl (C=O) groups is 1. The van der Waals surface area contributed by atoms with E-state index < -0.39 is 0 Å². The number of carbonyl (C=O) groups excluding carboxylic acids is 1. The summed E-state index contributed by atoms with van der Waals surface area (Å²) in [5.41, 5.74) is 1.91. The van der Waals surface area contributed by atoms with Gasteiger partial charge in [-0.3, -0.25) is 4.79 Å². The topological polar surface area (TPSA) is 37.3 Å². The van der Waals surface area contributed by atoms with Crippen LogP contribution in [0.25, 0.3) is 0 Å². The van der Waals surface area contributed by atoms with Crippen molar-refractivity contribution in [2.75, 3.05) is 6.61 Å². The Morgan fingerprint density at radius 3 is 2.75 bits per heavy atom. The molecule has 0 aromatic heterocycles. The first-order valence-electron chi connectivity index (χ1n) is 9.95. The van der Waals surface area contributed by atoms with Gasteiger partial charge in [0, 0.05) is 12.0 Å². The fraction of sp³-hybridized carbons (Fsp3) is 0.773. The van der Waals surface area contributed by atoms with Gasteiger partial charge in [-0.25, -0.2) is 0 Å². The van der Waals surface area contributed by atoms with Crippen molar-refractivity contribution in [1.29, 1.82) is 0 Å². The first kappa shape index (κ1) is 16.6. The molecule has 4 aliphatic carbocycles. The highest BCUT2D eigenvalue weighted by Gasteiger charge is 2.58. The molecule has 0 aromatic carbocycles. The zero-order chi connectivity index (χ0) is 17.1. The van der Waals surface area contributed by atoms with Crippen LogP contribution in [0, 0.1) is 40.4 Å². The van der Waals surface area contributed by atoms with E-state index in [1.165, 1.54) is 37.7 Å². The lowest BCUT2D eigenvalue weighted by molar-refractivity contribution is -0.111. The molecular weight excluding hydrogens is 296 g/mol. The molecule has 3 fully saturated rings. The van der Waals surface area contributed by atoms with Crippen molar-refractivity contribution in [1.82, 2.24) is 0 Å². The van der Waals surface area contributed by atoms with Crippen LogP contribution in [0.2, 0.25) is 0 Å². The van der Waals surface area contributed by atoms with E-state index in [0.29, 0.717) is 29.8 Å². The number of aliphatic hydroxyl groups is 1. The average Bonchev–Trinajstić information content (AvgIpc) is 2.92. The Kier molecular flexibility index (Phi) is 3.84. The maximum atomic E-state index is 11.8. The number of hydrogen-bond donors (Lipinski definition) is 1. The Hall–Kier alpha value is -0.890. The van der Waals surface area contributed by atoms with Gasteiger partial charge in [0.25, 0.3) is 0 Å². The number of rotatable bonds is 2. The van der Waals surface area contributed by atoms with Crippen molar-refractivity contribution < 1.29 is 9.90 Å². The van der Waals surface area contributed by atoms with Gasteiger partial charge in [-0.1, -0.05) is 32.4 Å². The second kappa shape index (κ2) is 5.56. The summed E-state index contributed by atoms with van der Waals surface area (Å²) in [4.78, 5) is 11.8. The van der Waals surface area contributed by atoms with Crippen LogP contribution in [0.1, 0.15) is 59.3 Å². The average molecular weight is 328 g/mol. The summed E-state index contributed by atoms with van der Waals surface area (Å²) in [6.07, 6.45) is 13.5. The van der Waals surface area contributed by atoms with Gasteiger partial charge in [0.1, 0.15) is 0 Å². The summed E-state index contributed by atoms with van der Waals surface area (Å²) in [6, 6.07) is 0. The first-order chi connectivity index (χ1) is 11.4. The zero-order valence-corrected chi connectivity index (χ0v) is 15.4. The van der Waals surface area contributed by atoms with Crippen LogP contribution in [0.5, 0.6) is 0 Å². The molecule has 1 N–H and O–H groups in total. The highest BCUT2D eigenvalue weighted by Crippen LogP contribution is 2.66.